The smallest absolute Gasteiger partial charge is 0.336 e. The third kappa shape index (κ3) is 6.06. The van der Waals surface area contributed by atoms with Gasteiger partial charge in [0.1, 0.15) is 0 Å². The zero-order valence-electron chi connectivity index (χ0n) is 19.9. The van der Waals surface area contributed by atoms with E-state index in [-0.39, 0.29) is 24.8 Å². The van der Waals surface area contributed by atoms with Gasteiger partial charge in [0.2, 0.25) is 5.91 Å². The van der Waals surface area contributed by atoms with Crippen LogP contribution in [0.15, 0.2) is 59.8 Å². The van der Waals surface area contributed by atoms with Crippen LogP contribution in [0.5, 0.6) is 0 Å². The molecule has 0 saturated carbocycles. The Morgan fingerprint density at radius 3 is 2.53 bits per heavy atom. The number of rotatable bonds is 9. The topological polar surface area (TPSA) is 75.7 Å². The van der Waals surface area contributed by atoms with Crippen LogP contribution in [0.25, 0.3) is 0 Å². The molecule has 2 aromatic rings. The SMILES string of the molecule is CCCCNC(=O)c1ccc(CN2C(=O)CC(c3cccc(Cl)c3)C(C(=O)OCC)=C2C)cc1. The molecule has 1 N–H and O–H groups in total. The fourth-order valence-electron chi connectivity index (χ4n) is 4.11. The van der Waals surface area contributed by atoms with E-state index in [1.807, 2.05) is 24.3 Å². The van der Waals surface area contributed by atoms with E-state index in [1.54, 1.807) is 43.0 Å². The van der Waals surface area contributed by atoms with Crippen molar-refractivity contribution in [2.75, 3.05) is 13.2 Å². The summed E-state index contributed by atoms with van der Waals surface area (Å²) < 4.78 is 5.34. The van der Waals surface area contributed by atoms with Crippen molar-refractivity contribution in [2.24, 2.45) is 0 Å². The van der Waals surface area contributed by atoms with Crippen molar-refractivity contribution in [2.45, 2.75) is 52.5 Å². The summed E-state index contributed by atoms with van der Waals surface area (Å²) in [5.41, 5.74) is 3.28. The first kappa shape index (κ1) is 25.5. The molecular weight excluding hydrogens is 452 g/mol. The first-order valence-electron chi connectivity index (χ1n) is 11.7. The van der Waals surface area contributed by atoms with E-state index in [1.165, 1.54) is 0 Å². The predicted molar refractivity (Wildman–Crippen MR) is 132 cm³/mol. The van der Waals surface area contributed by atoms with Crippen LogP contribution in [0.1, 0.15) is 67.4 Å². The van der Waals surface area contributed by atoms with Gasteiger partial charge < -0.3 is 15.0 Å². The number of benzene rings is 2. The molecule has 1 aliphatic rings. The van der Waals surface area contributed by atoms with Crippen LogP contribution in [0.2, 0.25) is 5.02 Å². The van der Waals surface area contributed by atoms with Crippen molar-refractivity contribution in [3.63, 3.8) is 0 Å². The lowest BCUT2D eigenvalue weighted by Crippen LogP contribution is -2.38. The van der Waals surface area contributed by atoms with Crippen LogP contribution in [-0.2, 0) is 20.9 Å². The molecule has 0 bridgehead atoms. The summed E-state index contributed by atoms with van der Waals surface area (Å²) in [6.07, 6.45) is 2.09. The van der Waals surface area contributed by atoms with E-state index in [9.17, 15) is 14.4 Å². The van der Waals surface area contributed by atoms with Gasteiger partial charge in [-0.05, 0) is 55.7 Å². The molecule has 3 rings (SSSR count). The van der Waals surface area contributed by atoms with Crippen LogP contribution >= 0.6 is 11.6 Å². The Balaban J connectivity index is 1.86. The van der Waals surface area contributed by atoms with E-state index < -0.39 is 11.9 Å². The Morgan fingerprint density at radius 1 is 1.15 bits per heavy atom. The standard InChI is InChI=1S/C27H31ClN2O4/c1-4-6-14-29-26(32)20-12-10-19(11-13-20)17-30-18(3)25(27(33)34-5-2)23(16-24(30)31)21-8-7-9-22(28)15-21/h7-13,15,23H,4-6,14,16-17H2,1-3H3,(H,29,32). The number of carbonyl (C=O) groups excluding carboxylic acids is 3. The number of unbranched alkanes of at least 4 members (excludes halogenated alkanes) is 1. The highest BCUT2D eigenvalue weighted by Gasteiger charge is 2.37. The van der Waals surface area contributed by atoms with Crippen LogP contribution in [-0.4, -0.2) is 35.8 Å². The van der Waals surface area contributed by atoms with Gasteiger partial charge in [-0.15, -0.1) is 0 Å². The maximum atomic E-state index is 13.2. The number of carbonyl (C=O) groups is 3. The third-order valence-electron chi connectivity index (χ3n) is 5.94. The zero-order chi connectivity index (χ0) is 24.7. The van der Waals surface area contributed by atoms with Gasteiger partial charge in [-0.1, -0.05) is 49.2 Å². The summed E-state index contributed by atoms with van der Waals surface area (Å²) in [5, 5.41) is 3.45. The van der Waals surface area contributed by atoms with E-state index in [0.717, 1.165) is 24.0 Å². The highest BCUT2D eigenvalue weighted by atomic mass is 35.5. The van der Waals surface area contributed by atoms with Gasteiger partial charge in [0.25, 0.3) is 5.91 Å². The second-order valence-corrected chi connectivity index (χ2v) is 8.75. The second kappa shape index (κ2) is 11.8. The van der Waals surface area contributed by atoms with Crippen molar-refractivity contribution in [1.29, 1.82) is 0 Å². The molecule has 180 valence electrons. The Morgan fingerprint density at radius 2 is 1.88 bits per heavy atom. The zero-order valence-corrected chi connectivity index (χ0v) is 20.7. The molecule has 1 aliphatic heterocycles. The van der Waals surface area contributed by atoms with E-state index >= 15 is 0 Å². The Bertz CT molecular complexity index is 1080. The van der Waals surface area contributed by atoms with Gasteiger partial charge in [-0.2, -0.15) is 0 Å². The van der Waals surface area contributed by atoms with Crippen molar-refractivity contribution in [3.8, 4) is 0 Å². The first-order chi connectivity index (χ1) is 16.3. The Kier molecular flexibility index (Phi) is 8.88. The first-order valence-corrected chi connectivity index (χ1v) is 12.0. The highest BCUT2D eigenvalue weighted by Crippen LogP contribution is 2.38. The fraction of sp³-hybridized carbons (Fsp3) is 0.370. The second-order valence-electron chi connectivity index (χ2n) is 8.32. The minimum Gasteiger partial charge on any atom is -0.463 e. The third-order valence-corrected chi connectivity index (χ3v) is 6.18. The summed E-state index contributed by atoms with van der Waals surface area (Å²) in [7, 11) is 0. The molecule has 2 amide bonds. The van der Waals surface area contributed by atoms with Gasteiger partial charge in [-0.25, -0.2) is 4.79 Å². The van der Waals surface area contributed by atoms with Crippen LogP contribution < -0.4 is 5.32 Å². The summed E-state index contributed by atoms with van der Waals surface area (Å²) in [6.45, 7) is 6.79. The number of hydrogen-bond acceptors (Lipinski definition) is 4. The Hall–Kier alpha value is -3.12. The largest absolute Gasteiger partial charge is 0.463 e. The summed E-state index contributed by atoms with van der Waals surface area (Å²) in [4.78, 5) is 40.0. The van der Waals surface area contributed by atoms with E-state index in [4.69, 9.17) is 16.3 Å². The molecule has 7 heteroatoms. The number of allylic oxidation sites excluding steroid dienone is 1. The molecule has 0 radical (unpaired) electrons. The van der Waals surface area contributed by atoms with Crippen LogP contribution in [0.4, 0.5) is 0 Å². The van der Waals surface area contributed by atoms with Crippen molar-refractivity contribution in [3.05, 3.63) is 81.5 Å². The molecule has 34 heavy (non-hydrogen) atoms. The predicted octanol–water partition coefficient (Wildman–Crippen LogP) is 5.22. The molecule has 1 heterocycles. The van der Waals surface area contributed by atoms with Gasteiger partial charge in [0.15, 0.2) is 0 Å². The van der Waals surface area contributed by atoms with Crippen molar-refractivity contribution in [1.82, 2.24) is 10.2 Å². The Labute approximate surface area is 205 Å². The lowest BCUT2D eigenvalue weighted by Gasteiger charge is -2.34. The molecule has 1 atom stereocenters. The lowest BCUT2D eigenvalue weighted by atomic mass is 9.83. The highest BCUT2D eigenvalue weighted by molar-refractivity contribution is 6.30. The molecule has 0 spiro atoms. The number of ether oxygens (including phenoxy) is 1. The quantitative estimate of drug-likeness (QED) is 0.392. The van der Waals surface area contributed by atoms with Crippen LogP contribution in [0.3, 0.4) is 0 Å². The maximum absolute atomic E-state index is 13.2. The summed E-state index contributed by atoms with van der Waals surface area (Å²) in [5.74, 6) is -1.05. The van der Waals surface area contributed by atoms with E-state index in [0.29, 0.717) is 34.9 Å². The average molecular weight is 483 g/mol. The number of hydrogen-bond donors (Lipinski definition) is 1. The molecule has 0 aromatic heterocycles. The van der Waals surface area contributed by atoms with Crippen molar-refractivity contribution >= 4 is 29.4 Å². The van der Waals surface area contributed by atoms with Gasteiger partial charge in [-0.3, -0.25) is 9.59 Å². The number of halogens is 1. The summed E-state index contributed by atoms with van der Waals surface area (Å²) in [6, 6.07) is 14.4. The number of esters is 1. The maximum Gasteiger partial charge on any atom is 0.336 e. The lowest BCUT2D eigenvalue weighted by molar-refractivity contribution is -0.140. The van der Waals surface area contributed by atoms with Crippen LogP contribution in [0, 0.1) is 0 Å². The molecule has 2 aromatic carbocycles. The van der Waals surface area contributed by atoms with E-state index in [2.05, 4.69) is 12.2 Å². The molecular formula is C27H31ClN2O4. The van der Waals surface area contributed by atoms with Gasteiger partial charge in [0, 0.05) is 35.2 Å². The number of nitrogens with one attached hydrogen (secondary N) is 1. The summed E-state index contributed by atoms with van der Waals surface area (Å²) >= 11 is 6.18. The number of amides is 2. The fourth-order valence-corrected chi connectivity index (χ4v) is 4.31. The minimum atomic E-state index is -0.429. The molecule has 6 nitrogen and oxygen atoms in total. The molecule has 0 fully saturated rings. The van der Waals surface area contributed by atoms with Gasteiger partial charge in [0.05, 0.1) is 18.7 Å². The minimum absolute atomic E-state index is 0.0862. The monoisotopic (exact) mass is 482 g/mol. The molecule has 0 aliphatic carbocycles. The normalized spacial score (nSPS) is 15.9. The molecule has 1 unspecified atom stereocenters. The number of nitrogens with zero attached hydrogens (tertiary/aromatic N) is 1. The molecule has 0 saturated heterocycles. The van der Waals surface area contributed by atoms with Crippen molar-refractivity contribution < 1.29 is 19.1 Å². The van der Waals surface area contributed by atoms with Gasteiger partial charge >= 0.3 is 5.97 Å². The average Bonchev–Trinajstić information content (AvgIpc) is 2.82.